The molecule has 0 radical (unpaired) electrons. The van der Waals surface area contributed by atoms with E-state index in [2.05, 4.69) is 15.9 Å². The van der Waals surface area contributed by atoms with Gasteiger partial charge in [0.15, 0.2) is 0 Å². The Kier molecular flexibility index (Phi) is 16.0. The van der Waals surface area contributed by atoms with Crippen LogP contribution in [0.25, 0.3) is 0 Å². The van der Waals surface area contributed by atoms with Gasteiger partial charge in [-0.3, -0.25) is 0 Å². The summed E-state index contributed by atoms with van der Waals surface area (Å²) < 4.78 is 0. The normalized spacial score (nSPS) is 6.00. The summed E-state index contributed by atoms with van der Waals surface area (Å²) in [5, 5.41) is 8.52. The maximum atomic E-state index is 7.83. The van der Waals surface area contributed by atoms with Gasteiger partial charge in [0, 0.05) is 5.33 Å². The lowest BCUT2D eigenvalue weighted by atomic mass is 10.9. The highest BCUT2D eigenvalue weighted by Gasteiger charge is 1.59. The Hall–Kier alpha value is 0.400. The van der Waals surface area contributed by atoms with Gasteiger partial charge in [0.25, 0.3) is 0 Å². The summed E-state index contributed by atoms with van der Waals surface area (Å²) in [5.74, 6) is 0. The quantitative estimate of drug-likeness (QED) is 0.524. The molecule has 0 rings (SSSR count). The summed E-state index contributed by atoms with van der Waals surface area (Å²) >= 11 is 3.00. The second-order valence-corrected chi connectivity index (χ2v) is 1.21. The SMILES string of the molecule is N.OCCBr. The molecule has 2 nitrogen and oxygen atoms in total. The third-order valence-electron chi connectivity index (χ3n) is 0.0845. The molecule has 4 N–H and O–H groups in total. The number of halogens is 1. The molecule has 0 aromatic carbocycles. The molecule has 34 valence electrons. The first-order valence-electron chi connectivity index (χ1n) is 1.08. The summed E-state index contributed by atoms with van der Waals surface area (Å²) in [5.41, 5.74) is 0. The average molecular weight is 142 g/mol. The van der Waals surface area contributed by atoms with Gasteiger partial charge in [-0.25, -0.2) is 0 Å². The van der Waals surface area contributed by atoms with Crippen molar-refractivity contribution in [3.8, 4) is 0 Å². The van der Waals surface area contributed by atoms with Crippen LogP contribution in [0.3, 0.4) is 0 Å². The highest BCUT2D eigenvalue weighted by atomic mass is 79.9. The van der Waals surface area contributed by atoms with Gasteiger partial charge in [-0.15, -0.1) is 0 Å². The summed E-state index contributed by atoms with van der Waals surface area (Å²) in [4.78, 5) is 0. The summed E-state index contributed by atoms with van der Waals surface area (Å²) in [6.07, 6.45) is 0. The molecule has 0 bridgehead atoms. The van der Waals surface area contributed by atoms with Crippen LogP contribution >= 0.6 is 15.9 Å². The van der Waals surface area contributed by atoms with E-state index in [1.54, 1.807) is 0 Å². The van der Waals surface area contributed by atoms with Crippen molar-refractivity contribution in [2.24, 2.45) is 0 Å². The highest BCUT2D eigenvalue weighted by Crippen LogP contribution is 1.69. The number of aliphatic hydroxyl groups excluding tert-OH is 1. The first-order valence-corrected chi connectivity index (χ1v) is 2.20. The molecule has 0 aliphatic rings. The Morgan fingerprint density at radius 1 is 1.60 bits per heavy atom. The van der Waals surface area contributed by atoms with E-state index < -0.39 is 0 Å². The number of hydrogen-bond acceptors (Lipinski definition) is 2. The van der Waals surface area contributed by atoms with E-state index in [0.29, 0.717) is 5.33 Å². The van der Waals surface area contributed by atoms with Crippen molar-refractivity contribution in [1.29, 1.82) is 0 Å². The standard InChI is InChI=1S/C2H5BrO.H3N/c3-1-2-4;/h4H,1-2H2;1H3. The molecule has 0 aromatic heterocycles. The molecule has 0 atom stereocenters. The second-order valence-electron chi connectivity index (χ2n) is 0.413. The molecule has 0 aromatic rings. The first-order chi connectivity index (χ1) is 1.91. The molecule has 0 aliphatic carbocycles. The smallest absolute Gasteiger partial charge is 0.0528 e. The lowest BCUT2D eigenvalue weighted by molar-refractivity contribution is 0.324. The number of hydrogen-bond donors (Lipinski definition) is 2. The molecule has 0 amide bonds. The Labute approximate surface area is 39.9 Å². The molecule has 0 aliphatic heterocycles. The van der Waals surface area contributed by atoms with E-state index in [9.17, 15) is 0 Å². The van der Waals surface area contributed by atoms with E-state index in [1.807, 2.05) is 0 Å². The summed E-state index contributed by atoms with van der Waals surface area (Å²) in [6.45, 7) is 0.236. The summed E-state index contributed by atoms with van der Waals surface area (Å²) in [7, 11) is 0. The zero-order valence-electron chi connectivity index (χ0n) is 2.95. The van der Waals surface area contributed by atoms with E-state index in [1.165, 1.54) is 0 Å². The van der Waals surface area contributed by atoms with Crippen LogP contribution in [0, 0.1) is 0 Å². The van der Waals surface area contributed by atoms with Crippen LogP contribution in [0.4, 0.5) is 0 Å². The lowest BCUT2D eigenvalue weighted by Gasteiger charge is -1.67. The highest BCUT2D eigenvalue weighted by molar-refractivity contribution is 9.09. The van der Waals surface area contributed by atoms with Crippen molar-refractivity contribution in [3.63, 3.8) is 0 Å². The van der Waals surface area contributed by atoms with Crippen molar-refractivity contribution >= 4 is 15.9 Å². The molecule has 0 saturated carbocycles. The molecule has 0 saturated heterocycles. The molecular weight excluding hydrogens is 134 g/mol. The van der Waals surface area contributed by atoms with Gasteiger partial charge in [0.2, 0.25) is 0 Å². The third-order valence-corrected chi connectivity index (χ3v) is 0.439. The Balaban J connectivity index is 0. The van der Waals surface area contributed by atoms with Crippen molar-refractivity contribution in [3.05, 3.63) is 0 Å². The van der Waals surface area contributed by atoms with Gasteiger partial charge < -0.3 is 11.3 Å². The van der Waals surface area contributed by atoms with Crippen molar-refractivity contribution in [2.75, 3.05) is 11.9 Å². The fraction of sp³-hybridized carbons (Fsp3) is 1.00. The van der Waals surface area contributed by atoms with Crippen LogP contribution in [0.2, 0.25) is 0 Å². The van der Waals surface area contributed by atoms with Crippen LogP contribution in [-0.4, -0.2) is 17.0 Å². The monoisotopic (exact) mass is 141 g/mol. The molecule has 5 heavy (non-hydrogen) atoms. The average Bonchev–Trinajstić information content (AvgIpc) is 1.37. The van der Waals surface area contributed by atoms with Crippen molar-refractivity contribution in [1.82, 2.24) is 6.15 Å². The van der Waals surface area contributed by atoms with Crippen molar-refractivity contribution < 1.29 is 5.11 Å². The van der Waals surface area contributed by atoms with Crippen LogP contribution in [0.5, 0.6) is 0 Å². The van der Waals surface area contributed by atoms with Crippen molar-refractivity contribution in [2.45, 2.75) is 0 Å². The fourth-order valence-electron chi connectivity index (χ4n) is 0. The van der Waals surface area contributed by atoms with Gasteiger partial charge in [-0.2, -0.15) is 0 Å². The molecule has 0 fully saturated rings. The molecule has 0 heterocycles. The maximum absolute atomic E-state index is 7.83. The first kappa shape index (κ1) is 9.04. The molecule has 0 spiro atoms. The van der Waals surface area contributed by atoms with Crippen LogP contribution in [-0.2, 0) is 0 Å². The van der Waals surface area contributed by atoms with E-state index in [4.69, 9.17) is 5.11 Å². The van der Waals surface area contributed by atoms with Gasteiger partial charge in [0.1, 0.15) is 0 Å². The minimum absolute atomic E-state index is 0. The predicted octanol–water partition coefficient (Wildman–Crippen LogP) is 0.536. The summed E-state index contributed by atoms with van der Waals surface area (Å²) in [6, 6.07) is 0. The van der Waals surface area contributed by atoms with E-state index in [0.717, 1.165) is 0 Å². The van der Waals surface area contributed by atoms with Gasteiger partial charge >= 0.3 is 0 Å². The van der Waals surface area contributed by atoms with Crippen LogP contribution in [0.15, 0.2) is 0 Å². The zero-order chi connectivity index (χ0) is 3.41. The zero-order valence-corrected chi connectivity index (χ0v) is 4.53. The second kappa shape index (κ2) is 8.83. The minimum Gasteiger partial charge on any atom is -0.396 e. The molecule has 0 unspecified atom stereocenters. The van der Waals surface area contributed by atoms with Gasteiger partial charge in [-0.1, -0.05) is 15.9 Å². The lowest BCUT2D eigenvalue weighted by Crippen LogP contribution is -1.75. The fourth-order valence-corrected chi connectivity index (χ4v) is 0. The predicted molar refractivity (Wildman–Crippen MR) is 25.9 cm³/mol. The number of rotatable bonds is 1. The third kappa shape index (κ3) is 12.9. The van der Waals surface area contributed by atoms with Gasteiger partial charge in [-0.05, 0) is 0 Å². The van der Waals surface area contributed by atoms with E-state index >= 15 is 0 Å². The Bertz CT molecular complexity index is 11.6. The number of alkyl halides is 1. The Morgan fingerprint density at radius 2 is 1.80 bits per heavy atom. The van der Waals surface area contributed by atoms with Crippen LogP contribution < -0.4 is 6.15 Å². The largest absolute Gasteiger partial charge is 0.396 e. The van der Waals surface area contributed by atoms with Crippen LogP contribution in [0.1, 0.15) is 0 Å². The topological polar surface area (TPSA) is 55.2 Å². The molecular formula is C2H8BrNO. The number of aliphatic hydroxyl groups is 1. The van der Waals surface area contributed by atoms with Gasteiger partial charge in [0.05, 0.1) is 6.61 Å². The maximum Gasteiger partial charge on any atom is 0.0528 e. The van der Waals surface area contributed by atoms with E-state index in [-0.39, 0.29) is 12.8 Å². The minimum atomic E-state index is 0. The molecule has 3 heteroatoms. The Morgan fingerprint density at radius 3 is 1.80 bits per heavy atom.